The maximum Gasteiger partial charge on any atom is 0.263 e. The Bertz CT molecular complexity index is 796. The van der Waals surface area contributed by atoms with Crippen molar-refractivity contribution in [2.75, 3.05) is 12.0 Å². The molecule has 1 unspecified atom stereocenters. The summed E-state index contributed by atoms with van der Waals surface area (Å²) in [5, 5.41) is 18.7. The van der Waals surface area contributed by atoms with Gasteiger partial charge in [-0.1, -0.05) is 0 Å². The molecule has 0 aromatic heterocycles. The second-order valence-corrected chi connectivity index (χ2v) is 4.80. The maximum absolute atomic E-state index is 14.2. The average molecular weight is 298 g/mol. The highest BCUT2D eigenvalue weighted by molar-refractivity contribution is 6.12. The molecule has 2 aromatic carbocycles. The largest absolute Gasteiger partial charge is 0.508 e. The number of hydrogen-bond donors (Lipinski definition) is 1. The quantitative estimate of drug-likeness (QED) is 0.925. The second kappa shape index (κ2) is 5.04. The Morgan fingerprint density at radius 3 is 2.59 bits per heavy atom. The zero-order valence-corrected chi connectivity index (χ0v) is 11.6. The van der Waals surface area contributed by atoms with Gasteiger partial charge in [0.25, 0.3) is 5.91 Å². The number of fused-ring (bicyclic) bond motifs is 1. The molecule has 1 heterocycles. The van der Waals surface area contributed by atoms with Gasteiger partial charge in [-0.2, -0.15) is 5.26 Å². The van der Waals surface area contributed by atoms with Crippen molar-refractivity contribution < 1.29 is 19.0 Å². The lowest BCUT2D eigenvalue weighted by Gasteiger charge is -2.20. The predicted octanol–water partition coefficient (Wildman–Crippen LogP) is 2.76. The lowest BCUT2D eigenvalue weighted by atomic mass is 10.0. The highest BCUT2D eigenvalue weighted by atomic mass is 19.1. The number of aromatic hydroxyl groups is 1. The summed E-state index contributed by atoms with van der Waals surface area (Å²) in [5.41, 5.74) is 0.557. The Kier molecular flexibility index (Phi) is 3.18. The normalized spacial score (nSPS) is 16.3. The number of benzene rings is 2. The van der Waals surface area contributed by atoms with E-state index in [2.05, 4.69) is 0 Å². The van der Waals surface area contributed by atoms with Crippen molar-refractivity contribution in [3.63, 3.8) is 0 Å². The molecule has 1 aliphatic rings. The molecule has 3 rings (SSSR count). The smallest absolute Gasteiger partial charge is 0.263 e. The number of phenolic OH excluding ortho intramolecular Hbond substituents is 1. The number of ether oxygens (including phenoxy) is 1. The van der Waals surface area contributed by atoms with Gasteiger partial charge in [0.05, 0.1) is 18.7 Å². The molecule has 0 radical (unpaired) electrons. The standard InChI is InChI=1S/C16H11FN2O3/c1-22-11-6-12-14(8-18)19(9-2-4-10(20)5-3-9)16(21)15(12)13(17)7-11/h2-7,14,20H,1H3. The van der Waals surface area contributed by atoms with Crippen molar-refractivity contribution in [1.29, 1.82) is 5.26 Å². The molecule has 0 spiro atoms. The monoisotopic (exact) mass is 298 g/mol. The minimum absolute atomic E-state index is 0.0364. The molecule has 22 heavy (non-hydrogen) atoms. The fraction of sp³-hybridized carbons (Fsp3) is 0.125. The highest BCUT2D eigenvalue weighted by Crippen LogP contribution is 2.40. The number of amides is 1. The number of phenols is 1. The van der Waals surface area contributed by atoms with E-state index in [0.29, 0.717) is 5.69 Å². The lowest BCUT2D eigenvalue weighted by Crippen LogP contribution is -2.27. The van der Waals surface area contributed by atoms with Crippen LogP contribution in [0.3, 0.4) is 0 Å². The first kappa shape index (κ1) is 13.9. The van der Waals surface area contributed by atoms with Gasteiger partial charge in [0.2, 0.25) is 0 Å². The molecule has 5 nitrogen and oxygen atoms in total. The number of hydrogen-bond acceptors (Lipinski definition) is 4. The molecule has 6 heteroatoms. The molecule has 0 saturated carbocycles. The van der Waals surface area contributed by atoms with Crippen molar-refractivity contribution in [1.82, 2.24) is 0 Å². The zero-order valence-electron chi connectivity index (χ0n) is 11.6. The molecule has 2 aromatic rings. The Morgan fingerprint density at radius 2 is 2.00 bits per heavy atom. The number of carbonyl (C=O) groups is 1. The van der Waals surface area contributed by atoms with E-state index in [1.807, 2.05) is 6.07 Å². The minimum atomic E-state index is -0.948. The van der Waals surface area contributed by atoms with E-state index in [-0.39, 0.29) is 22.6 Å². The molecule has 0 saturated heterocycles. The Labute approximate surface area is 125 Å². The van der Waals surface area contributed by atoms with Crippen LogP contribution in [0.2, 0.25) is 0 Å². The molecular formula is C16H11FN2O3. The van der Waals surface area contributed by atoms with Crippen LogP contribution in [0.1, 0.15) is 22.0 Å². The van der Waals surface area contributed by atoms with Crippen LogP contribution in [0.4, 0.5) is 10.1 Å². The van der Waals surface area contributed by atoms with Crippen LogP contribution in [0.15, 0.2) is 36.4 Å². The van der Waals surface area contributed by atoms with Gasteiger partial charge >= 0.3 is 0 Å². The molecule has 0 aliphatic carbocycles. The molecule has 0 fully saturated rings. The Morgan fingerprint density at radius 1 is 1.32 bits per heavy atom. The summed E-state index contributed by atoms with van der Waals surface area (Å²) < 4.78 is 19.2. The van der Waals surface area contributed by atoms with Crippen LogP contribution >= 0.6 is 0 Å². The summed E-state index contributed by atoms with van der Waals surface area (Å²) in [5.74, 6) is -1.03. The lowest BCUT2D eigenvalue weighted by molar-refractivity contribution is 0.0991. The molecular weight excluding hydrogens is 287 g/mol. The number of nitriles is 1. The highest BCUT2D eigenvalue weighted by Gasteiger charge is 2.40. The summed E-state index contributed by atoms with van der Waals surface area (Å²) in [7, 11) is 1.39. The van der Waals surface area contributed by atoms with Gasteiger partial charge in [-0.25, -0.2) is 4.39 Å². The maximum atomic E-state index is 14.2. The predicted molar refractivity (Wildman–Crippen MR) is 76.2 cm³/mol. The number of nitrogens with zero attached hydrogens (tertiary/aromatic N) is 2. The topological polar surface area (TPSA) is 73.6 Å². The first-order valence-corrected chi connectivity index (χ1v) is 6.46. The van der Waals surface area contributed by atoms with E-state index in [1.165, 1.54) is 42.3 Å². The molecule has 110 valence electrons. The number of anilines is 1. The van der Waals surface area contributed by atoms with Crippen molar-refractivity contribution in [2.45, 2.75) is 6.04 Å². The third-order valence-corrected chi connectivity index (χ3v) is 3.57. The first-order chi connectivity index (χ1) is 10.6. The van der Waals surface area contributed by atoms with Crippen molar-refractivity contribution in [3.05, 3.63) is 53.3 Å². The number of methoxy groups -OCH3 is 1. The summed E-state index contributed by atoms with van der Waals surface area (Å²) in [6.07, 6.45) is 0. The average Bonchev–Trinajstić information content (AvgIpc) is 2.80. The van der Waals surface area contributed by atoms with Crippen LogP contribution in [0.5, 0.6) is 11.5 Å². The van der Waals surface area contributed by atoms with Crippen LogP contribution < -0.4 is 9.64 Å². The zero-order chi connectivity index (χ0) is 15.9. The van der Waals surface area contributed by atoms with E-state index < -0.39 is 17.8 Å². The van der Waals surface area contributed by atoms with Gasteiger partial charge in [0, 0.05) is 17.3 Å². The minimum Gasteiger partial charge on any atom is -0.508 e. The van der Waals surface area contributed by atoms with E-state index in [4.69, 9.17) is 4.74 Å². The van der Waals surface area contributed by atoms with E-state index in [9.17, 15) is 19.6 Å². The molecule has 0 bridgehead atoms. The number of halogens is 1. The summed E-state index contributed by atoms with van der Waals surface area (Å²) in [6, 6.07) is 9.47. The Balaban J connectivity index is 2.16. The first-order valence-electron chi connectivity index (χ1n) is 6.46. The van der Waals surface area contributed by atoms with Crippen molar-refractivity contribution in [2.24, 2.45) is 0 Å². The fourth-order valence-corrected chi connectivity index (χ4v) is 2.54. The van der Waals surface area contributed by atoms with E-state index >= 15 is 0 Å². The fourth-order valence-electron chi connectivity index (χ4n) is 2.54. The number of carbonyl (C=O) groups excluding carboxylic acids is 1. The van der Waals surface area contributed by atoms with Gasteiger partial charge in [0.15, 0.2) is 6.04 Å². The third-order valence-electron chi connectivity index (χ3n) is 3.57. The van der Waals surface area contributed by atoms with Gasteiger partial charge in [-0.15, -0.1) is 0 Å². The van der Waals surface area contributed by atoms with Gasteiger partial charge in [-0.05, 0) is 30.3 Å². The SMILES string of the molecule is COc1cc(F)c2c(c1)C(C#N)N(c1ccc(O)cc1)C2=O. The van der Waals surface area contributed by atoms with Crippen LogP contribution in [0, 0.1) is 17.1 Å². The molecule has 1 atom stereocenters. The third kappa shape index (κ3) is 1.95. The van der Waals surface area contributed by atoms with Gasteiger partial charge in [0.1, 0.15) is 17.3 Å². The Hall–Kier alpha value is -3.07. The second-order valence-electron chi connectivity index (χ2n) is 4.80. The summed E-state index contributed by atoms with van der Waals surface area (Å²) in [4.78, 5) is 13.7. The van der Waals surface area contributed by atoms with Crippen molar-refractivity contribution >= 4 is 11.6 Å². The molecule has 1 amide bonds. The van der Waals surface area contributed by atoms with Crippen LogP contribution in [0.25, 0.3) is 0 Å². The van der Waals surface area contributed by atoms with E-state index in [1.54, 1.807) is 0 Å². The molecule has 1 N–H and O–H groups in total. The molecule has 1 aliphatic heterocycles. The van der Waals surface area contributed by atoms with Gasteiger partial charge in [-0.3, -0.25) is 9.69 Å². The summed E-state index contributed by atoms with van der Waals surface area (Å²) in [6.45, 7) is 0. The van der Waals surface area contributed by atoms with Crippen LogP contribution in [-0.4, -0.2) is 18.1 Å². The van der Waals surface area contributed by atoms with Crippen LogP contribution in [-0.2, 0) is 0 Å². The van der Waals surface area contributed by atoms with E-state index in [0.717, 1.165) is 6.07 Å². The summed E-state index contributed by atoms with van der Waals surface area (Å²) >= 11 is 0. The van der Waals surface area contributed by atoms with Gasteiger partial charge < -0.3 is 9.84 Å². The van der Waals surface area contributed by atoms with Crippen molar-refractivity contribution in [3.8, 4) is 17.6 Å². The number of rotatable bonds is 2.